The minimum absolute atomic E-state index is 0.318. The highest BCUT2D eigenvalue weighted by Gasteiger charge is 2.16. The molecule has 8 heteroatoms. The molecule has 2 heterocycles. The molecule has 0 saturated carbocycles. The minimum Gasteiger partial charge on any atom is -0.285 e. The molecule has 27 heavy (non-hydrogen) atoms. The molecule has 0 unspecified atom stereocenters. The first-order valence-electron chi connectivity index (χ1n) is 8.15. The summed E-state index contributed by atoms with van der Waals surface area (Å²) in [7, 11) is 0. The number of halogens is 2. The Bertz CT molecular complexity index is 1190. The van der Waals surface area contributed by atoms with Gasteiger partial charge < -0.3 is 0 Å². The van der Waals surface area contributed by atoms with E-state index in [0.29, 0.717) is 26.6 Å². The molecule has 5 nitrogen and oxygen atoms in total. The van der Waals surface area contributed by atoms with Crippen LogP contribution in [0.3, 0.4) is 0 Å². The van der Waals surface area contributed by atoms with Gasteiger partial charge in [0.25, 0.3) is 0 Å². The van der Waals surface area contributed by atoms with Crippen LogP contribution in [0.1, 0.15) is 11.3 Å². The molecule has 0 atom stereocenters. The van der Waals surface area contributed by atoms with E-state index in [2.05, 4.69) is 15.1 Å². The summed E-state index contributed by atoms with van der Waals surface area (Å²) in [4.78, 5) is 19.9. The Morgan fingerprint density at radius 1 is 1.11 bits per heavy atom. The van der Waals surface area contributed by atoms with Gasteiger partial charge in [-0.3, -0.25) is 4.98 Å². The van der Waals surface area contributed by atoms with Gasteiger partial charge in [-0.1, -0.05) is 71.4 Å². The zero-order valence-electron chi connectivity index (χ0n) is 14.2. The Morgan fingerprint density at radius 3 is 2.63 bits per heavy atom. The highest BCUT2D eigenvalue weighted by atomic mass is 35.5. The van der Waals surface area contributed by atoms with E-state index in [1.165, 1.54) is 16.3 Å². The normalized spacial score (nSPS) is 11.2. The van der Waals surface area contributed by atoms with Crippen molar-refractivity contribution in [2.45, 2.75) is 17.8 Å². The fourth-order valence-electron chi connectivity index (χ4n) is 2.82. The van der Waals surface area contributed by atoms with Gasteiger partial charge in [0.1, 0.15) is 0 Å². The van der Waals surface area contributed by atoms with Crippen molar-refractivity contribution in [3.8, 4) is 11.1 Å². The quantitative estimate of drug-likeness (QED) is 0.475. The van der Waals surface area contributed by atoms with E-state index in [-0.39, 0.29) is 5.69 Å². The number of hydrogen-bond donors (Lipinski definition) is 1. The van der Waals surface area contributed by atoms with E-state index >= 15 is 0 Å². The van der Waals surface area contributed by atoms with Crippen molar-refractivity contribution in [3.63, 3.8) is 0 Å². The van der Waals surface area contributed by atoms with Crippen molar-refractivity contribution in [2.75, 3.05) is 0 Å². The molecule has 0 aliphatic carbocycles. The van der Waals surface area contributed by atoms with Crippen LogP contribution in [0.2, 0.25) is 10.0 Å². The second-order valence-electron chi connectivity index (χ2n) is 5.95. The molecule has 1 N–H and O–H groups in total. The molecule has 0 aliphatic heterocycles. The lowest BCUT2D eigenvalue weighted by Gasteiger charge is -2.04. The van der Waals surface area contributed by atoms with E-state index in [0.717, 1.165) is 22.4 Å². The van der Waals surface area contributed by atoms with Gasteiger partial charge in [-0.05, 0) is 30.2 Å². The fraction of sp³-hybridized carbons (Fsp3) is 0.105. The van der Waals surface area contributed by atoms with Crippen molar-refractivity contribution in [3.05, 3.63) is 80.3 Å². The standard InChI is InChI=1S/C19H14Cl2N4OS/c1-11-16(13-5-3-2-4-6-13)17-22-18(23-19(26)25(17)24-11)27-10-12-7-8-14(20)15(21)9-12/h2-9H,10H2,1H3,(H,22,23,26). The summed E-state index contributed by atoms with van der Waals surface area (Å²) in [6.07, 6.45) is 0. The van der Waals surface area contributed by atoms with Gasteiger partial charge in [0.05, 0.1) is 15.7 Å². The average Bonchev–Trinajstić information content (AvgIpc) is 3.00. The van der Waals surface area contributed by atoms with Crippen LogP contribution in [0, 0.1) is 6.92 Å². The van der Waals surface area contributed by atoms with Gasteiger partial charge in [0, 0.05) is 11.3 Å². The molecule has 2 aromatic carbocycles. The minimum atomic E-state index is -0.318. The van der Waals surface area contributed by atoms with Gasteiger partial charge in [-0.15, -0.1) is 0 Å². The average molecular weight is 417 g/mol. The number of rotatable bonds is 4. The molecular weight excluding hydrogens is 403 g/mol. The Balaban J connectivity index is 1.72. The van der Waals surface area contributed by atoms with Crippen molar-refractivity contribution < 1.29 is 0 Å². The Labute approximate surface area is 169 Å². The zero-order chi connectivity index (χ0) is 19.0. The van der Waals surface area contributed by atoms with Crippen LogP contribution in [-0.2, 0) is 5.75 Å². The van der Waals surface area contributed by atoms with Crippen molar-refractivity contribution in [2.24, 2.45) is 0 Å². The summed E-state index contributed by atoms with van der Waals surface area (Å²) in [6.45, 7) is 1.87. The largest absolute Gasteiger partial charge is 0.350 e. The lowest BCUT2D eigenvalue weighted by molar-refractivity contribution is 0.780. The molecule has 136 valence electrons. The summed E-state index contributed by atoms with van der Waals surface area (Å²) in [5.74, 6) is 0.601. The third kappa shape index (κ3) is 3.60. The van der Waals surface area contributed by atoms with Gasteiger partial charge in [-0.2, -0.15) is 9.61 Å². The zero-order valence-corrected chi connectivity index (χ0v) is 16.6. The van der Waals surface area contributed by atoms with E-state index < -0.39 is 0 Å². The van der Waals surface area contributed by atoms with Crippen molar-refractivity contribution >= 4 is 40.6 Å². The highest BCUT2D eigenvalue weighted by Crippen LogP contribution is 2.29. The number of aryl methyl sites for hydroxylation is 1. The number of nitrogens with zero attached hydrogens (tertiary/aromatic N) is 3. The predicted octanol–water partition coefficient (Wildman–Crippen LogP) is 4.99. The lowest BCUT2D eigenvalue weighted by atomic mass is 10.1. The van der Waals surface area contributed by atoms with E-state index in [9.17, 15) is 4.79 Å². The van der Waals surface area contributed by atoms with E-state index in [1.807, 2.05) is 49.4 Å². The van der Waals surface area contributed by atoms with Crippen LogP contribution in [0.5, 0.6) is 0 Å². The van der Waals surface area contributed by atoms with Crippen LogP contribution < -0.4 is 5.69 Å². The van der Waals surface area contributed by atoms with Crippen LogP contribution in [0.15, 0.2) is 58.5 Å². The van der Waals surface area contributed by atoms with Crippen LogP contribution in [0.25, 0.3) is 16.8 Å². The first kappa shape index (κ1) is 18.1. The first-order chi connectivity index (χ1) is 13.0. The topological polar surface area (TPSA) is 63.1 Å². The fourth-order valence-corrected chi connectivity index (χ4v) is 3.93. The molecule has 0 fully saturated rings. The first-order valence-corrected chi connectivity index (χ1v) is 9.89. The molecule has 0 spiro atoms. The molecule has 4 rings (SSSR count). The third-order valence-corrected chi connectivity index (χ3v) is 5.76. The number of aromatic nitrogens is 4. The number of fused-ring (bicyclic) bond motifs is 1. The molecule has 4 aromatic rings. The summed E-state index contributed by atoms with van der Waals surface area (Å²) in [6, 6.07) is 15.3. The number of thioether (sulfide) groups is 1. The maximum Gasteiger partial charge on any atom is 0.350 e. The van der Waals surface area contributed by atoms with Crippen molar-refractivity contribution in [1.29, 1.82) is 0 Å². The molecule has 0 bridgehead atoms. The third-order valence-electron chi connectivity index (χ3n) is 4.07. The van der Waals surface area contributed by atoms with Crippen molar-refractivity contribution in [1.82, 2.24) is 19.6 Å². The Hall–Kier alpha value is -2.28. The Morgan fingerprint density at radius 2 is 1.89 bits per heavy atom. The highest BCUT2D eigenvalue weighted by molar-refractivity contribution is 7.98. The number of benzene rings is 2. The maximum absolute atomic E-state index is 12.5. The monoisotopic (exact) mass is 416 g/mol. The summed E-state index contributed by atoms with van der Waals surface area (Å²) in [5.41, 5.74) is 3.80. The second kappa shape index (κ2) is 7.38. The van der Waals surface area contributed by atoms with Crippen LogP contribution in [-0.4, -0.2) is 19.6 Å². The van der Waals surface area contributed by atoms with Crippen LogP contribution in [0.4, 0.5) is 0 Å². The Kier molecular flexibility index (Phi) is 4.95. The molecule has 0 saturated heterocycles. The summed E-state index contributed by atoms with van der Waals surface area (Å²) >= 11 is 13.4. The second-order valence-corrected chi connectivity index (χ2v) is 7.72. The smallest absolute Gasteiger partial charge is 0.285 e. The molecule has 2 aromatic heterocycles. The molecular formula is C19H14Cl2N4OS. The summed E-state index contributed by atoms with van der Waals surface area (Å²) < 4.78 is 1.31. The SMILES string of the molecule is Cc1nn2c(=O)[nH]c(SCc3ccc(Cl)c(Cl)c3)nc2c1-c1ccccc1. The summed E-state index contributed by atoms with van der Waals surface area (Å²) in [5, 5.41) is 5.88. The van der Waals surface area contributed by atoms with Gasteiger partial charge in [0.15, 0.2) is 10.8 Å². The van der Waals surface area contributed by atoms with Gasteiger partial charge in [-0.25, -0.2) is 9.78 Å². The number of nitrogens with one attached hydrogen (secondary N) is 1. The molecule has 0 amide bonds. The maximum atomic E-state index is 12.5. The van der Waals surface area contributed by atoms with Crippen LogP contribution >= 0.6 is 35.0 Å². The number of H-pyrrole nitrogens is 1. The number of aromatic amines is 1. The van der Waals surface area contributed by atoms with E-state index in [4.69, 9.17) is 23.2 Å². The van der Waals surface area contributed by atoms with Gasteiger partial charge >= 0.3 is 5.69 Å². The van der Waals surface area contributed by atoms with E-state index in [1.54, 1.807) is 6.07 Å². The molecule has 0 aliphatic rings. The number of hydrogen-bond acceptors (Lipinski definition) is 4. The predicted molar refractivity (Wildman–Crippen MR) is 110 cm³/mol. The molecule has 0 radical (unpaired) electrons. The lowest BCUT2D eigenvalue weighted by Crippen LogP contribution is -2.19. The van der Waals surface area contributed by atoms with Gasteiger partial charge in [0.2, 0.25) is 0 Å².